The minimum atomic E-state index is -0.191. The van der Waals surface area contributed by atoms with Crippen LogP contribution in [-0.4, -0.2) is 55.9 Å². The van der Waals surface area contributed by atoms with Gasteiger partial charge in [-0.1, -0.05) is 0 Å². The zero-order valence-corrected chi connectivity index (χ0v) is 11.4. The van der Waals surface area contributed by atoms with Gasteiger partial charge in [0.05, 0.1) is 25.2 Å². The van der Waals surface area contributed by atoms with E-state index in [0.717, 1.165) is 19.3 Å². The van der Waals surface area contributed by atoms with Crippen LogP contribution in [0.15, 0.2) is 0 Å². The number of piperidine rings is 1. The second-order valence-corrected chi connectivity index (χ2v) is 5.05. The summed E-state index contributed by atoms with van der Waals surface area (Å²) in [6, 6.07) is 0.0139. The molecule has 2 saturated heterocycles. The Morgan fingerprint density at radius 1 is 1.42 bits per heavy atom. The van der Waals surface area contributed by atoms with Gasteiger partial charge in [-0.25, -0.2) is 4.79 Å². The van der Waals surface area contributed by atoms with E-state index < -0.39 is 0 Å². The minimum absolute atomic E-state index is 0.0931. The van der Waals surface area contributed by atoms with Gasteiger partial charge >= 0.3 is 12.0 Å². The quantitative estimate of drug-likeness (QED) is 0.769. The van der Waals surface area contributed by atoms with Crippen LogP contribution >= 0.6 is 0 Å². The number of carbonyl (C=O) groups is 2. The lowest BCUT2D eigenvalue weighted by molar-refractivity contribution is -0.149. The maximum Gasteiger partial charge on any atom is 0.317 e. The summed E-state index contributed by atoms with van der Waals surface area (Å²) in [5, 5.41) is 2.95. The van der Waals surface area contributed by atoms with Crippen LogP contribution < -0.4 is 5.32 Å². The van der Waals surface area contributed by atoms with Crippen LogP contribution in [0, 0.1) is 5.92 Å². The van der Waals surface area contributed by atoms with Gasteiger partial charge < -0.3 is 19.7 Å². The van der Waals surface area contributed by atoms with E-state index in [1.54, 1.807) is 11.8 Å². The average Bonchev–Trinajstić information content (AvgIpc) is 2.92. The number of nitrogens with one attached hydrogen (secondary N) is 1. The van der Waals surface area contributed by atoms with E-state index in [1.165, 1.54) is 0 Å². The van der Waals surface area contributed by atoms with Crippen molar-refractivity contribution in [2.45, 2.75) is 32.2 Å². The van der Waals surface area contributed by atoms with Gasteiger partial charge in [-0.05, 0) is 26.2 Å². The van der Waals surface area contributed by atoms with Gasteiger partial charge in [-0.15, -0.1) is 0 Å². The first kappa shape index (κ1) is 14.1. The first-order valence-electron chi connectivity index (χ1n) is 7.00. The van der Waals surface area contributed by atoms with E-state index >= 15 is 0 Å². The summed E-state index contributed by atoms with van der Waals surface area (Å²) < 4.78 is 10.3. The van der Waals surface area contributed by atoms with Gasteiger partial charge in [0.1, 0.15) is 0 Å². The first-order chi connectivity index (χ1) is 9.20. The maximum absolute atomic E-state index is 12.1. The Kier molecular flexibility index (Phi) is 5.01. The number of rotatable bonds is 3. The van der Waals surface area contributed by atoms with Gasteiger partial charge in [-0.2, -0.15) is 0 Å². The Bertz CT molecular complexity index is 329. The molecule has 0 aromatic rings. The summed E-state index contributed by atoms with van der Waals surface area (Å²) in [7, 11) is 0. The number of ether oxygens (including phenoxy) is 2. The van der Waals surface area contributed by atoms with E-state index in [2.05, 4.69) is 5.32 Å². The van der Waals surface area contributed by atoms with Crippen molar-refractivity contribution in [1.29, 1.82) is 0 Å². The highest BCUT2D eigenvalue weighted by Gasteiger charge is 2.30. The third-order valence-corrected chi connectivity index (χ3v) is 3.59. The van der Waals surface area contributed by atoms with E-state index in [-0.39, 0.29) is 24.0 Å². The van der Waals surface area contributed by atoms with Crippen molar-refractivity contribution in [3.8, 4) is 0 Å². The van der Waals surface area contributed by atoms with Crippen molar-refractivity contribution in [3.05, 3.63) is 0 Å². The lowest BCUT2D eigenvalue weighted by atomic mass is 9.98. The molecule has 2 atom stereocenters. The molecule has 6 heteroatoms. The zero-order chi connectivity index (χ0) is 13.7. The molecular formula is C13H22N2O4. The fourth-order valence-electron chi connectivity index (χ4n) is 2.53. The molecule has 2 amide bonds. The molecule has 0 aromatic carbocycles. The number of urea groups is 1. The fourth-order valence-corrected chi connectivity index (χ4v) is 2.53. The number of esters is 1. The standard InChI is InChI=1S/C13H22N2O4/c1-2-19-12(16)10-4-3-6-15(8-10)13(17)14-11-5-7-18-9-11/h10-11H,2-9H2,1H3,(H,14,17)/t10-,11?/m0/s1. The molecule has 0 spiro atoms. The molecule has 2 aliphatic rings. The molecule has 2 rings (SSSR count). The monoisotopic (exact) mass is 270 g/mol. The molecule has 19 heavy (non-hydrogen) atoms. The van der Waals surface area contributed by atoms with Crippen molar-refractivity contribution in [3.63, 3.8) is 0 Å². The molecule has 1 unspecified atom stereocenters. The fraction of sp³-hybridized carbons (Fsp3) is 0.846. The summed E-state index contributed by atoms with van der Waals surface area (Å²) in [5.74, 6) is -0.372. The van der Waals surface area contributed by atoms with Crippen LogP contribution in [-0.2, 0) is 14.3 Å². The Morgan fingerprint density at radius 3 is 2.95 bits per heavy atom. The number of hydrogen-bond acceptors (Lipinski definition) is 4. The zero-order valence-electron chi connectivity index (χ0n) is 11.4. The minimum Gasteiger partial charge on any atom is -0.466 e. The topological polar surface area (TPSA) is 67.9 Å². The lowest BCUT2D eigenvalue weighted by Gasteiger charge is -2.32. The number of amides is 2. The molecule has 0 bridgehead atoms. The summed E-state index contributed by atoms with van der Waals surface area (Å²) in [6.07, 6.45) is 2.51. The normalized spacial score (nSPS) is 27.1. The number of hydrogen-bond donors (Lipinski definition) is 1. The number of carbonyl (C=O) groups excluding carboxylic acids is 2. The summed E-state index contributed by atoms with van der Waals surface area (Å²) >= 11 is 0. The SMILES string of the molecule is CCOC(=O)[C@H]1CCCN(C(=O)NC2CCOC2)C1. The van der Waals surface area contributed by atoms with Crippen LogP contribution in [0.4, 0.5) is 4.79 Å². The van der Waals surface area contributed by atoms with Crippen LogP contribution in [0.1, 0.15) is 26.2 Å². The Labute approximate surface area is 113 Å². The molecular weight excluding hydrogens is 248 g/mol. The van der Waals surface area contributed by atoms with E-state index in [0.29, 0.717) is 32.9 Å². The molecule has 1 N–H and O–H groups in total. The van der Waals surface area contributed by atoms with Gasteiger partial charge in [-0.3, -0.25) is 4.79 Å². The van der Waals surface area contributed by atoms with E-state index in [1.807, 2.05) is 0 Å². The molecule has 2 heterocycles. The molecule has 6 nitrogen and oxygen atoms in total. The summed E-state index contributed by atoms with van der Waals surface area (Å²) in [5.41, 5.74) is 0. The maximum atomic E-state index is 12.1. The molecule has 108 valence electrons. The highest BCUT2D eigenvalue weighted by atomic mass is 16.5. The van der Waals surface area contributed by atoms with Crippen LogP contribution in [0.2, 0.25) is 0 Å². The third kappa shape index (κ3) is 3.83. The largest absolute Gasteiger partial charge is 0.466 e. The number of nitrogens with zero attached hydrogens (tertiary/aromatic N) is 1. The van der Waals surface area contributed by atoms with Crippen molar-refractivity contribution in [1.82, 2.24) is 10.2 Å². The molecule has 2 fully saturated rings. The van der Waals surface area contributed by atoms with Crippen LogP contribution in [0.25, 0.3) is 0 Å². The Morgan fingerprint density at radius 2 is 2.26 bits per heavy atom. The van der Waals surface area contributed by atoms with Gasteiger partial charge in [0.2, 0.25) is 0 Å². The van der Waals surface area contributed by atoms with E-state index in [4.69, 9.17) is 9.47 Å². The number of likely N-dealkylation sites (tertiary alicyclic amines) is 1. The highest BCUT2D eigenvalue weighted by molar-refractivity contribution is 5.77. The second-order valence-electron chi connectivity index (χ2n) is 5.05. The van der Waals surface area contributed by atoms with Crippen molar-refractivity contribution in [2.24, 2.45) is 5.92 Å². The van der Waals surface area contributed by atoms with Crippen LogP contribution in [0.5, 0.6) is 0 Å². The second kappa shape index (κ2) is 6.75. The Balaban J connectivity index is 1.82. The molecule has 0 radical (unpaired) electrons. The third-order valence-electron chi connectivity index (χ3n) is 3.59. The molecule has 0 saturated carbocycles. The predicted octanol–water partition coefficient (Wildman–Crippen LogP) is 0.760. The lowest BCUT2D eigenvalue weighted by Crippen LogP contribution is -2.50. The summed E-state index contributed by atoms with van der Waals surface area (Å²) in [6.45, 7) is 4.64. The van der Waals surface area contributed by atoms with Gasteiger partial charge in [0, 0.05) is 19.7 Å². The van der Waals surface area contributed by atoms with Gasteiger partial charge in [0.25, 0.3) is 0 Å². The summed E-state index contributed by atoms with van der Waals surface area (Å²) in [4.78, 5) is 25.5. The average molecular weight is 270 g/mol. The van der Waals surface area contributed by atoms with E-state index in [9.17, 15) is 9.59 Å². The predicted molar refractivity (Wildman–Crippen MR) is 68.7 cm³/mol. The smallest absolute Gasteiger partial charge is 0.317 e. The first-order valence-corrected chi connectivity index (χ1v) is 7.00. The molecule has 2 aliphatic heterocycles. The molecule has 0 aromatic heterocycles. The van der Waals surface area contributed by atoms with Crippen LogP contribution in [0.3, 0.4) is 0 Å². The molecule has 0 aliphatic carbocycles. The van der Waals surface area contributed by atoms with Crippen molar-refractivity contribution < 1.29 is 19.1 Å². The highest BCUT2D eigenvalue weighted by Crippen LogP contribution is 2.18. The van der Waals surface area contributed by atoms with Crippen molar-refractivity contribution >= 4 is 12.0 Å². The van der Waals surface area contributed by atoms with Gasteiger partial charge in [0.15, 0.2) is 0 Å². The van der Waals surface area contributed by atoms with Crippen molar-refractivity contribution in [2.75, 3.05) is 32.9 Å². The Hall–Kier alpha value is -1.30.